The molecular formula is C14H32N2. The fourth-order valence-corrected chi connectivity index (χ4v) is 1.91. The lowest BCUT2D eigenvalue weighted by Crippen LogP contribution is -2.25. The molecule has 0 saturated heterocycles. The summed E-state index contributed by atoms with van der Waals surface area (Å²) < 4.78 is 0. The first-order valence-electron chi connectivity index (χ1n) is 7.09. The van der Waals surface area contributed by atoms with Crippen LogP contribution in [0.4, 0.5) is 0 Å². The highest BCUT2D eigenvalue weighted by Gasteiger charge is 2.03. The highest BCUT2D eigenvalue weighted by Crippen LogP contribution is 2.05. The normalized spacial score (nSPS) is 13.3. The highest BCUT2D eigenvalue weighted by atomic mass is 15.1. The van der Waals surface area contributed by atoms with Crippen LogP contribution in [-0.2, 0) is 0 Å². The van der Waals surface area contributed by atoms with Crippen LogP contribution in [0.1, 0.15) is 52.9 Å². The van der Waals surface area contributed by atoms with E-state index < -0.39 is 0 Å². The van der Waals surface area contributed by atoms with Crippen molar-refractivity contribution < 1.29 is 0 Å². The molecule has 1 unspecified atom stereocenters. The minimum absolute atomic E-state index is 0.846. The van der Waals surface area contributed by atoms with Crippen molar-refractivity contribution in [1.29, 1.82) is 0 Å². The molecule has 0 aromatic rings. The molecular weight excluding hydrogens is 196 g/mol. The van der Waals surface area contributed by atoms with Gasteiger partial charge in [-0.3, -0.25) is 0 Å². The topological polar surface area (TPSA) is 15.3 Å². The maximum atomic E-state index is 3.37. The summed E-state index contributed by atoms with van der Waals surface area (Å²) in [6.45, 7) is 11.6. The van der Waals surface area contributed by atoms with Gasteiger partial charge in [-0.25, -0.2) is 0 Å². The number of nitrogens with one attached hydrogen (secondary N) is 1. The zero-order valence-corrected chi connectivity index (χ0v) is 11.9. The molecule has 0 saturated carbocycles. The van der Waals surface area contributed by atoms with Crippen molar-refractivity contribution in [3.05, 3.63) is 0 Å². The van der Waals surface area contributed by atoms with Gasteiger partial charge in [-0.05, 0) is 45.4 Å². The van der Waals surface area contributed by atoms with Gasteiger partial charge < -0.3 is 10.2 Å². The zero-order valence-electron chi connectivity index (χ0n) is 11.9. The van der Waals surface area contributed by atoms with Crippen LogP contribution in [0.25, 0.3) is 0 Å². The average Bonchev–Trinajstić information content (AvgIpc) is 2.27. The maximum Gasteiger partial charge on any atom is 0.000387 e. The van der Waals surface area contributed by atoms with Gasteiger partial charge in [0.05, 0.1) is 0 Å². The van der Waals surface area contributed by atoms with Crippen LogP contribution in [-0.4, -0.2) is 38.1 Å². The molecule has 0 amide bonds. The van der Waals surface area contributed by atoms with E-state index >= 15 is 0 Å². The molecule has 0 rings (SSSR count). The molecule has 2 nitrogen and oxygen atoms in total. The summed E-state index contributed by atoms with van der Waals surface area (Å²) in [5, 5.41) is 3.37. The smallest absolute Gasteiger partial charge is 0.000387 e. The van der Waals surface area contributed by atoms with E-state index in [0.29, 0.717) is 0 Å². The first kappa shape index (κ1) is 15.9. The van der Waals surface area contributed by atoms with Gasteiger partial charge >= 0.3 is 0 Å². The molecule has 98 valence electrons. The van der Waals surface area contributed by atoms with Gasteiger partial charge in [-0.2, -0.15) is 0 Å². The molecule has 0 heterocycles. The lowest BCUT2D eigenvalue weighted by atomic mass is 10.1. The lowest BCUT2D eigenvalue weighted by Gasteiger charge is -2.20. The number of hydrogen-bond donors (Lipinski definition) is 1. The van der Waals surface area contributed by atoms with Crippen molar-refractivity contribution in [3.8, 4) is 0 Å². The Morgan fingerprint density at radius 1 is 1.06 bits per heavy atom. The minimum atomic E-state index is 0.846. The van der Waals surface area contributed by atoms with Crippen molar-refractivity contribution in [2.24, 2.45) is 5.92 Å². The average molecular weight is 228 g/mol. The van der Waals surface area contributed by atoms with Crippen molar-refractivity contribution in [1.82, 2.24) is 10.2 Å². The SMILES string of the molecule is CCNCCCCCCN(C)CC(C)CC. The summed E-state index contributed by atoms with van der Waals surface area (Å²) >= 11 is 0. The van der Waals surface area contributed by atoms with Crippen LogP contribution in [0.15, 0.2) is 0 Å². The van der Waals surface area contributed by atoms with E-state index in [0.717, 1.165) is 12.5 Å². The lowest BCUT2D eigenvalue weighted by molar-refractivity contribution is 0.276. The molecule has 0 spiro atoms. The molecule has 16 heavy (non-hydrogen) atoms. The summed E-state index contributed by atoms with van der Waals surface area (Å²) in [6.07, 6.45) is 6.76. The molecule has 0 aromatic carbocycles. The Bertz CT molecular complexity index is 137. The number of rotatable bonds is 11. The fraction of sp³-hybridized carbons (Fsp3) is 1.00. The van der Waals surface area contributed by atoms with Crippen molar-refractivity contribution >= 4 is 0 Å². The number of hydrogen-bond acceptors (Lipinski definition) is 2. The predicted octanol–water partition coefficient (Wildman–Crippen LogP) is 3.13. The van der Waals surface area contributed by atoms with Crippen molar-refractivity contribution in [2.45, 2.75) is 52.9 Å². The summed E-state index contributed by atoms with van der Waals surface area (Å²) in [7, 11) is 2.25. The fourth-order valence-electron chi connectivity index (χ4n) is 1.91. The number of unbranched alkanes of at least 4 members (excludes halogenated alkanes) is 3. The van der Waals surface area contributed by atoms with Crippen LogP contribution in [0.2, 0.25) is 0 Å². The minimum Gasteiger partial charge on any atom is -0.317 e. The van der Waals surface area contributed by atoms with E-state index in [1.807, 2.05) is 0 Å². The van der Waals surface area contributed by atoms with E-state index in [9.17, 15) is 0 Å². The van der Waals surface area contributed by atoms with Crippen LogP contribution in [0.3, 0.4) is 0 Å². The summed E-state index contributed by atoms with van der Waals surface area (Å²) in [4.78, 5) is 2.48. The van der Waals surface area contributed by atoms with Gasteiger partial charge in [0.1, 0.15) is 0 Å². The Hall–Kier alpha value is -0.0800. The first-order chi connectivity index (χ1) is 7.70. The molecule has 0 aliphatic carbocycles. The molecule has 1 atom stereocenters. The molecule has 0 fully saturated rings. The van der Waals surface area contributed by atoms with Gasteiger partial charge in [0.2, 0.25) is 0 Å². The summed E-state index contributed by atoms with van der Waals surface area (Å²) in [5.41, 5.74) is 0. The molecule has 0 aliphatic rings. The Morgan fingerprint density at radius 3 is 2.38 bits per heavy atom. The molecule has 2 heteroatoms. The summed E-state index contributed by atoms with van der Waals surface area (Å²) in [5.74, 6) is 0.846. The van der Waals surface area contributed by atoms with Gasteiger partial charge in [0.15, 0.2) is 0 Å². The van der Waals surface area contributed by atoms with E-state index in [4.69, 9.17) is 0 Å². The zero-order chi connectivity index (χ0) is 12.2. The Kier molecular flexibility index (Phi) is 11.3. The quantitative estimate of drug-likeness (QED) is 0.547. The van der Waals surface area contributed by atoms with Crippen molar-refractivity contribution in [3.63, 3.8) is 0 Å². The Morgan fingerprint density at radius 2 is 1.75 bits per heavy atom. The standard InChI is InChI=1S/C14H32N2/c1-5-14(3)13-16(4)12-10-8-7-9-11-15-6-2/h14-15H,5-13H2,1-4H3. The monoisotopic (exact) mass is 228 g/mol. The van der Waals surface area contributed by atoms with Crippen LogP contribution in [0, 0.1) is 5.92 Å². The maximum absolute atomic E-state index is 3.37. The van der Waals surface area contributed by atoms with E-state index in [2.05, 4.69) is 38.0 Å². The van der Waals surface area contributed by atoms with Crippen molar-refractivity contribution in [2.75, 3.05) is 33.2 Å². The molecule has 0 bridgehead atoms. The summed E-state index contributed by atoms with van der Waals surface area (Å²) in [6, 6.07) is 0. The third-order valence-electron chi connectivity index (χ3n) is 3.21. The van der Waals surface area contributed by atoms with E-state index in [1.54, 1.807) is 0 Å². The molecule has 1 N–H and O–H groups in total. The largest absolute Gasteiger partial charge is 0.317 e. The Labute approximate surface area is 103 Å². The van der Waals surface area contributed by atoms with Gasteiger partial charge in [0.25, 0.3) is 0 Å². The third-order valence-corrected chi connectivity index (χ3v) is 3.21. The molecule has 0 aromatic heterocycles. The first-order valence-corrected chi connectivity index (χ1v) is 7.09. The number of nitrogens with zero attached hydrogens (tertiary/aromatic N) is 1. The van der Waals surface area contributed by atoms with Crippen LogP contribution < -0.4 is 5.32 Å². The second kappa shape index (κ2) is 11.4. The highest BCUT2D eigenvalue weighted by molar-refractivity contribution is 4.58. The second-order valence-corrected chi connectivity index (χ2v) is 5.04. The van der Waals surface area contributed by atoms with Gasteiger partial charge in [0, 0.05) is 6.54 Å². The molecule has 0 aliphatic heterocycles. The van der Waals surface area contributed by atoms with Crippen LogP contribution >= 0.6 is 0 Å². The van der Waals surface area contributed by atoms with E-state index in [-0.39, 0.29) is 0 Å². The third kappa shape index (κ3) is 10.4. The van der Waals surface area contributed by atoms with Gasteiger partial charge in [-0.1, -0.05) is 40.0 Å². The molecule has 0 radical (unpaired) electrons. The van der Waals surface area contributed by atoms with Gasteiger partial charge in [-0.15, -0.1) is 0 Å². The predicted molar refractivity (Wildman–Crippen MR) is 74.0 cm³/mol. The van der Waals surface area contributed by atoms with E-state index in [1.165, 1.54) is 51.7 Å². The Balaban J connectivity index is 3.18. The van der Waals surface area contributed by atoms with Crippen LogP contribution in [0.5, 0.6) is 0 Å². The second-order valence-electron chi connectivity index (χ2n) is 5.04.